The Hall–Kier alpha value is -3.27. The fraction of sp³-hybridized carbons (Fsp3) is 0.222. The molecule has 3 rings (SSSR count). The van der Waals surface area contributed by atoms with E-state index in [0.717, 1.165) is 39.5 Å². The van der Waals surface area contributed by atoms with Crippen molar-refractivity contribution in [2.45, 2.75) is 13.8 Å². The molecule has 0 aliphatic rings. The minimum absolute atomic E-state index is 0.250. The topological polar surface area (TPSA) is 131 Å². The SMILES string of the molecule is COc1ncc(-c2cc(C)c3cc(NS(C)(=O)=O)cc(C)c3n2)cn1.O=CO. The molecule has 0 fully saturated rings. The predicted octanol–water partition coefficient (Wildman–Crippen LogP) is 2.39. The van der Waals surface area contributed by atoms with E-state index in [1.54, 1.807) is 24.5 Å². The van der Waals surface area contributed by atoms with Crippen LogP contribution in [0, 0.1) is 13.8 Å². The van der Waals surface area contributed by atoms with Gasteiger partial charge in [-0.2, -0.15) is 0 Å². The molecule has 28 heavy (non-hydrogen) atoms. The van der Waals surface area contributed by atoms with Crippen molar-refractivity contribution in [1.82, 2.24) is 15.0 Å². The lowest BCUT2D eigenvalue weighted by atomic mass is 10.0. The van der Waals surface area contributed by atoms with Gasteiger partial charge in [0.25, 0.3) is 6.47 Å². The molecule has 0 bridgehead atoms. The Bertz CT molecular complexity index is 1100. The van der Waals surface area contributed by atoms with E-state index in [9.17, 15) is 8.42 Å². The van der Waals surface area contributed by atoms with E-state index in [0.29, 0.717) is 11.7 Å². The third kappa shape index (κ3) is 5.13. The molecular weight excluding hydrogens is 384 g/mol. The molecule has 0 unspecified atom stereocenters. The fourth-order valence-electron chi connectivity index (χ4n) is 2.64. The van der Waals surface area contributed by atoms with Gasteiger partial charge in [0.15, 0.2) is 0 Å². The third-order valence-electron chi connectivity index (χ3n) is 3.72. The van der Waals surface area contributed by atoms with E-state index in [2.05, 4.69) is 14.7 Å². The van der Waals surface area contributed by atoms with Gasteiger partial charge in [-0.05, 0) is 43.2 Å². The molecule has 0 amide bonds. The first-order valence-corrected chi connectivity index (χ1v) is 9.91. The number of hydrogen-bond acceptors (Lipinski definition) is 7. The first-order valence-electron chi connectivity index (χ1n) is 8.02. The largest absolute Gasteiger partial charge is 0.483 e. The van der Waals surface area contributed by atoms with Crippen LogP contribution in [0.15, 0.2) is 30.6 Å². The van der Waals surface area contributed by atoms with Gasteiger partial charge in [0.05, 0.1) is 24.6 Å². The average molecular weight is 404 g/mol. The second kappa shape index (κ2) is 8.61. The van der Waals surface area contributed by atoms with Gasteiger partial charge >= 0.3 is 6.01 Å². The molecule has 0 atom stereocenters. The first kappa shape index (κ1) is 21.0. The molecule has 0 aliphatic heterocycles. The summed E-state index contributed by atoms with van der Waals surface area (Å²) in [5.41, 5.74) is 4.73. The van der Waals surface area contributed by atoms with Crippen LogP contribution >= 0.6 is 0 Å². The Balaban J connectivity index is 0.000000878. The maximum atomic E-state index is 11.5. The lowest BCUT2D eigenvalue weighted by Crippen LogP contribution is -2.09. The summed E-state index contributed by atoms with van der Waals surface area (Å²) in [5, 5.41) is 7.78. The van der Waals surface area contributed by atoms with Crippen LogP contribution in [0.3, 0.4) is 0 Å². The van der Waals surface area contributed by atoms with E-state index < -0.39 is 10.0 Å². The van der Waals surface area contributed by atoms with Crippen molar-refractivity contribution in [2.24, 2.45) is 0 Å². The summed E-state index contributed by atoms with van der Waals surface area (Å²) in [6.07, 6.45) is 4.45. The molecule has 2 aromatic heterocycles. The number of hydrogen-bond donors (Lipinski definition) is 2. The number of pyridine rings is 1. The molecule has 3 aromatic rings. The van der Waals surface area contributed by atoms with Crippen LogP contribution in [0.2, 0.25) is 0 Å². The number of aromatic nitrogens is 3. The number of methoxy groups -OCH3 is 1. The van der Waals surface area contributed by atoms with Gasteiger partial charge in [-0.1, -0.05) is 0 Å². The molecule has 148 valence electrons. The quantitative estimate of drug-likeness (QED) is 0.634. The number of benzene rings is 1. The van der Waals surface area contributed by atoms with Crippen LogP contribution in [0.25, 0.3) is 22.2 Å². The number of nitrogens with zero attached hydrogens (tertiary/aromatic N) is 3. The number of carboxylic acid groups (broad SMARTS) is 1. The normalized spacial score (nSPS) is 10.7. The van der Waals surface area contributed by atoms with Gasteiger partial charge in [-0.15, -0.1) is 0 Å². The Morgan fingerprint density at radius 2 is 1.71 bits per heavy atom. The number of anilines is 1. The number of rotatable bonds is 4. The molecule has 10 heteroatoms. The van der Waals surface area contributed by atoms with Gasteiger partial charge in [-0.3, -0.25) is 9.52 Å². The van der Waals surface area contributed by atoms with E-state index in [-0.39, 0.29) is 6.47 Å². The van der Waals surface area contributed by atoms with Crippen molar-refractivity contribution < 1.29 is 23.1 Å². The standard InChI is InChI=1S/C17H18N4O3S.CH2O2/c1-10-6-15(12-8-18-17(24-3)19-9-12)20-16-11(2)5-13(7-14(10)16)21-25(4,22)23;2-1-3/h5-9,21H,1-4H3;1H,(H,2,3). The van der Waals surface area contributed by atoms with Crippen molar-refractivity contribution in [2.75, 3.05) is 18.1 Å². The van der Waals surface area contributed by atoms with Crippen LogP contribution in [0.4, 0.5) is 5.69 Å². The van der Waals surface area contributed by atoms with Crippen LogP contribution in [0.1, 0.15) is 11.1 Å². The molecule has 1 aromatic carbocycles. The molecule has 0 radical (unpaired) electrons. The van der Waals surface area contributed by atoms with Gasteiger partial charge in [0, 0.05) is 29.0 Å². The zero-order chi connectivity index (χ0) is 20.9. The van der Waals surface area contributed by atoms with Crippen molar-refractivity contribution in [3.63, 3.8) is 0 Å². The second-order valence-corrected chi connectivity index (χ2v) is 7.70. The van der Waals surface area contributed by atoms with Crippen LogP contribution in [-0.4, -0.2) is 48.3 Å². The van der Waals surface area contributed by atoms with E-state index in [1.165, 1.54) is 7.11 Å². The number of ether oxygens (including phenoxy) is 1. The first-order chi connectivity index (χ1) is 13.2. The van der Waals surface area contributed by atoms with E-state index in [4.69, 9.17) is 19.6 Å². The fourth-order valence-corrected chi connectivity index (χ4v) is 3.18. The maximum absolute atomic E-state index is 11.5. The monoisotopic (exact) mass is 404 g/mol. The molecule has 2 N–H and O–H groups in total. The predicted molar refractivity (Wildman–Crippen MR) is 106 cm³/mol. The Kier molecular flexibility index (Phi) is 6.47. The van der Waals surface area contributed by atoms with Crippen molar-refractivity contribution >= 4 is 33.1 Å². The zero-order valence-electron chi connectivity index (χ0n) is 15.8. The minimum Gasteiger partial charge on any atom is -0.483 e. The molecule has 9 nitrogen and oxygen atoms in total. The Morgan fingerprint density at radius 3 is 2.25 bits per heavy atom. The summed E-state index contributed by atoms with van der Waals surface area (Å²) in [7, 11) is -1.82. The summed E-state index contributed by atoms with van der Waals surface area (Å²) in [6.45, 7) is 3.61. The van der Waals surface area contributed by atoms with Crippen molar-refractivity contribution in [3.05, 3.63) is 41.7 Å². The smallest absolute Gasteiger partial charge is 0.316 e. The van der Waals surface area contributed by atoms with Crippen LogP contribution < -0.4 is 9.46 Å². The van der Waals surface area contributed by atoms with Crippen LogP contribution in [0.5, 0.6) is 6.01 Å². The highest BCUT2D eigenvalue weighted by Gasteiger charge is 2.11. The van der Waals surface area contributed by atoms with Crippen LogP contribution in [-0.2, 0) is 14.8 Å². The summed E-state index contributed by atoms with van der Waals surface area (Å²) in [4.78, 5) is 21.3. The molecule has 0 spiro atoms. The second-order valence-electron chi connectivity index (χ2n) is 5.95. The number of carbonyl (C=O) groups is 1. The van der Waals surface area contributed by atoms with Gasteiger partial charge in [-0.25, -0.2) is 23.4 Å². The molecule has 0 aliphatic carbocycles. The Labute approximate surface area is 162 Å². The minimum atomic E-state index is -3.33. The van der Waals surface area contributed by atoms with Crippen molar-refractivity contribution in [1.29, 1.82) is 0 Å². The van der Waals surface area contributed by atoms with Gasteiger partial charge < -0.3 is 9.84 Å². The average Bonchev–Trinajstić information content (AvgIpc) is 2.62. The number of sulfonamides is 1. The summed E-state index contributed by atoms with van der Waals surface area (Å²) in [5.74, 6) is 0. The molecule has 0 saturated heterocycles. The van der Waals surface area contributed by atoms with E-state index in [1.807, 2.05) is 19.9 Å². The molecule has 0 saturated carbocycles. The number of nitrogens with one attached hydrogen (secondary N) is 1. The molecule has 2 heterocycles. The Morgan fingerprint density at radius 1 is 1.11 bits per heavy atom. The summed E-state index contributed by atoms with van der Waals surface area (Å²) in [6, 6.07) is 5.79. The van der Waals surface area contributed by atoms with Gasteiger partial charge in [0.1, 0.15) is 0 Å². The maximum Gasteiger partial charge on any atom is 0.316 e. The van der Waals surface area contributed by atoms with Crippen molar-refractivity contribution in [3.8, 4) is 17.3 Å². The third-order valence-corrected chi connectivity index (χ3v) is 4.33. The number of fused-ring (bicyclic) bond motifs is 1. The highest BCUT2D eigenvalue weighted by Crippen LogP contribution is 2.29. The number of aryl methyl sites for hydroxylation is 2. The summed E-state index contributed by atoms with van der Waals surface area (Å²) >= 11 is 0. The van der Waals surface area contributed by atoms with Gasteiger partial charge in [0.2, 0.25) is 10.0 Å². The highest BCUT2D eigenvalue weighted by molar-refractivity contribution is 7.92. The van der Waals surface area contributed by atoms with E-state index >= 15 is 0 Å². The highest BCUT2D eigenvalue weighted by atomic mass is 32.2. The zero-order valence-corrected chi connectivity index (χ0v) is 16.6. The lowest BCUT2D eigenvalue weighted by Gasteiger charge is -2.12. The summed E-state index contributed by atoms with van der Waals surface area (Å²) < 4.78 is 30.4. The lowest BCUT2D eigenvalue weighted by molar-refractivity contribution is -0.122. The molecular formula is C18H20N4O5S.